The Hall–Kier alpha value is -1.55. The van der Waals surface area contributed by atoms with Gasteiger partial charge in [-0.15, -0.1) is 0 Å². The minimum atomic E-state index is -0.495. The zero-order chi connectivity index (χ0) is 14.5. The van der Waals surface area contributed by atoms with Crippen LogP contribution in [-0.4, -0.2) is 17.7 Å². The molecule has 1 unspecified atom stereocenters. The molecule has 106 valence electrons. The van der Waals surface area contributed by atoms with Crippen LogP contribution in [0.5, 0.6) is 0 Å². The van der Waals surface area contributed by atoms with E-state index in [1.165, 1.54) is 0 Å². The first kappa shape index (κ1) is 15.5. The van der Waals surface area contributed by atoms with E-state index in [0.29, 0.717) is 0 Å². The van der Waals surface area contributed by atoms with Crippen LogP contribution in [-0.2, 0) is 11.2 Å². The lowest BCUT2D eigenvalue weighted by molar-refractivity contribution is 0.0636. The number of anilines is 1. The fourth-order valence-electron chi connectivity index (χ4n) is 1.66. The van der Waals surface area contributed by atoms with Crippen molar-refractivity contribution in [1.29, 1.82) is 0 Å². The van der Waals surface area contributed by atoms with E-state index in [4.69, 9.17) is 10.5 Å². The monoisotopic (exact) mass is 264 g/mol. The van der Waals surface area contributed by atoms with Crippen LogP contribution >= 0.6 is 0 Å². The molecule has 0 heterocycles. The van der Waals surface area contributed by atoms with E-state index in [0.717, 1.165) is 24.1 Å². The summed E-state index contributed by atoms with van der Waals surface area (Å²) < 4.78 is 5.25. The van der Waals surface area contributed by atoms with Gasteiger partial charge in [-0.05, 0) is 52.2 Å². The maximum Gasteiger partial charge on any atom is 0.412 e. The van der Waals surface area contributed by atoms with Gasteiger partial charge in [0, 0.05) is 11.7 Å². The second-order valence-electron chi connectivity index (χ2n) is 5.80. The molecule has 0 aliphatic heterocycles. The fraction of sp³-hybridized carbons (Fsp3) is 0.533. The maximum atomic E-state index is 11.8. The van der Waals surface area contributed by atoms with Crippen LogP contribution < -0.4 is 11.1 Å². The fourth-order valence-corrected chi connectivity index (χ4v) is 1.66. The zero-order valence-corrected chi connectivity index (χ0v) is 12.2. The van der Waals surface area contributed by atoms with E-state index in [1.807, 2.05) is 52.0 Å². The maximum absolute atomic E-state index is 11.8. The Morgan fingerprint density at radius 1 is 1.37 bits per heavy atom. The van der Waals surface area contributed by atoms with E-state index in [9.17, 15) is 4.79 Å². The van der Waals surface area contributed by atoms with Gasteiger partial charge in [-0.2, -0.15) is 0 Å². The first-order valence-electron chi connectivity index (χ1n) is 6.61. The van der Waals surface area contributed by atoms with Crippen LogP contribution in [0, 0.1) is 0 Å². The third kappa shape index (κ3) is 6.25. The number of rotatable bonds is 4. The summed E-state index contributed by atoms with van der Waals surface area (Å²) in [6, 6.07) is 7.86. The summed E-state index contributed by atoms with van der Waals surface area (Å²) in [5, 5.41) is 2.79. The van der Waals surface area contributed by atoms with Gasteiger partial charge in [-0.25, -0.2) is 4.79 Å². The molecule has 3 N–H and O–H groups in total. The smallest absolute Gasteiger partial charge is 0.412 e. The Balaban J connectivity index is 2.69. The average molecular weight is 264 g/mol. The number of carbonyl (C=O) groups excluding carboxylic acids is 1. The largest absolute Gasteiger partial charge is 0.444 e. The number of amides is 1. The van der Waals surface area contributed by atoms with E-state index in [1.54, 1.807) is 0 Å². The van der Waals surface area contributed by atoms with Gasteiger partial charge in [-0.1, -0.05) is 18.2 Å². The number of ether oxygens (including phenoxy) is 1. The molecular formula is C15H24N2O2. The predicted molar refractivity (Wildman–Crippen MR) is 78.3 cm³/mol. The van der Waals surface area contributed by atoms with E-state index >= 15 is 0 Å². The van der Waals surface area contributed by atoms with Gasteiger partial charge in [0.25, 0.3) is 0 Å². The van der Waals surface area contributed by atoms with Gasteiger partial charge in [0.15, 0.2) is 0 Å². The topological polar surface area (TPSA) is 64.3 Å². The highest BCUT2D eigenvalue weighted by Crippen LogP contribution is 2.18. The van der Waals surface area contributed by atoms with Crippen molar-refractivity contribution in [2.75, 3.05) is 5.32 Å². The van der Waals surface area contributed by atoms with Crippen LogP contribution in [0.2, 0.25) is 0 Å². The molecule has 0 radical (unpaired) electrons. The number of para-hydroxylation sites is 1. The number of nitrogens with two attached hydrogens (primary N) is 1. The highest BCUT2D eigenvalue weighted by atomic mass is 16.6. The molecule has 19 heavy (non-hydrogen) atoms. The van der Waals surface area contributed by atoms with Crippen LogP contribution in [0.3, 0.4) is 0 Å². The van der Waals surface area contributed by atoms with Crippen LogP contribution in [0.1, 0.15) is 39.7 Å². The molecule has 1 aromatic carbocycles. The first-order valence-corrected chi connectivity index (χ1v) is 6.61. The average Bonchev–Trinajstić information content (AvgIpc) is 2.25. The Bertz CT molecular complexity index is 422. The highest BCUT2D eigenvalue weighted by molar-refractivity contribution is 5.85. The third-order valence-electron chi connectivity index (χ3n) is 2.52. The minimum absolute atomic E-state index is 0.148. The predicted octanol–water partition coefficient (Wildman–Crippen LogP) is 3.31. The molecular weight excluding hydrogens is 240 g/mol. The highest BCUT2D eigenvalue weighted by Gasteiger charge is 2.17. The van der Waals surface area contributed by atoms with Gasteiger partial charge < -0.3 is 10.5 Å². The Kier molecular flexibility index (Phi) is 5.36. The van der Waals surface area contributed by atoms with Gasteiger partial charge in [0.2, 0.25) is 0 Å². The zero-order valence-electron chi connectivity index (χ0n) is 12.2. The third-order valence-corrected chi connectivity index (χ3v) is 2.52. The summed E-state index contributed by atoms with van der Waals surface area (Å²) in [5.74, 6) is 0. The second kappa shape index (κ2) is 6.57. The van der Waals surface area contributed by atoms with Crippen molar-refractivity contribution < 1.29 is 9.53 Å². The van der Waals surface area contributed by atoms with Crippen molar-refractivity contribution in [3.63, 3.8) is 0 Å². The molecule has 1 amide bonds. The SMILES string of the molecule is CC(N)CCc1ccccc1NC(=O)OC(C)(C)C. The van der Waals surface area contributed by atoms with Crippen molar-refractivity contribution >= 4 is 11.8 Å². The molecule has 0 aliphatic rings. The number of aryl methyl sites for hydroxylation is 1. The van der Waals surface area contributed by atoms with Gasteiger partial charge in [0.05, 0.1) is 0 Å². The number of carbonyl (C=O) groups is 1. The molecule has 0 aliphatic carbocycles. The molecule has 4 heteroatoms. The van der Waals surface area contributed by atoms with Crippen molar-refractivity contribution in [3.8, 4) is 0 Å². The molecule has 1 atom stereocenters. The van der Waals surface area contributed by atoms with E-state index in [-0.39, 0.29) is 6.04 Å². The molecule has 1 aromatic rings. The first-order chi connectivity index (χ1) is 8.78. The summed E-state index contributed by atoms with van der Waals surface area (Å²) in [7, 11) is 0. The van der Waals surface area contributed by atoms with Crippen LogP contribution in [0.4, 0.5) is 10.5 Å². The van der Waals surface area contributed by atoms with Crippen LogP contribution in [0.25, 0.3) is 0 Å². The molecule has 0 saturated carbocycles. The Morgan fingerprint density at radius 3 is 2.58 bits per heavy atom. The molecule has 0 fully saturated rings. The summed E-state index contributed by atoms with van der Waals surface area (Å²) in [6.07, 6.45) is 1.29. The van der Waals surface area contributed by atoms with Gasteiger partial charge in [-0.3, -0.25) is 5.32 Å². The lowest BCUT2D eigenvalue weighted by Gasteiger charge is -2.20. The second-order valence-corrected chi connectivity index (χ2v) is 5.80. The van der Waals surface area contributed by atoms with Crippen molar-refractivity contribution in [2.24, 2.45) is 5.73 Å². The summed E-state index contributed by atoms with van der Waals surface area (Å²) in [6.45, 7) is 7.50. The normalized spacial score (nSPS) is 12.9. The number of hydrogen-bond acceptors (Lipinski definition) is 3. The quantitative estimate of drug-likeness (QED) is 0.876. The standard InChI is InChI=1S/C15H24N2O2/c1-11(16)9-10-12-7-5-6-8-13(12)17-14(18)19-15(2,3)4/h5-8,11H,9-10,16H2,1-4H3,(H,17,18). The van der Waals surface area contributed by atoms with Crippen molar-refractivity contribution in [1.82, 2.24) is 0 Å². The minimum Gasteiger partial charge on any atom is -0.444 e. The van der Waals surface area contributed by atoms with Gasteiger partial charge >= 0.3 is 6.09 Å². The van der Waals surface area contributed by atoms with E-state index in [2.05, 4.69) is 5.32 Å². The molecule has 0 spiro atoms. The molecule has 1 rings (SSSR count). The Morgan fingerprint density at radius 2 is 2.00 bits per heavy atom. The molecule has 4 nitrogen and oxygen atoms in total. The van der Waals surface area contributed by atoms with Crippen molar-refractivity contribution in [3.05, 3.63) is 29.8 Å². The lowest BCUT2D eigenvalue weighted by Crippen LogP contribution is -2.27. The molecule has 0 bridgehead atoms. The summed E-state index contributed by atoms with van der Waals surface area (Å²) in [4.78, 5) is 11.8. The number of hydrogen-bond donors (Lipinski definition) is 2. The van der Waals surface area contributed by atoms with Crippen molar-refractivity contribution in [2.45, 2.75) is 52.2 Å². The van der Waals surface area contributed by atoms with E-state index < -0.39 is 11.7 Å². The summed E-state index contributed by atoms with van der Waals surface area (Å²) >= 11 is 0. The van der Waals surface area contributed by atoms with Gasteiger partial charge in [0.1, 0.15) is 5.60 Å². The lowest BCUT2D eigenvalue weighted by atomic mass is 10.0. The Labute approximate surface area is 115 Å². The number of benzene rings is 1. The van der Waals surface area contributed by atoms with Crippen LogP contribution in [0.15, 0.2) is 24.3 Å². The molecule has 0 saturated heterocycles. The summed E-state index contributed by atoms with van der Waals surface area (Å²) in [5.41, 5.74) is 7.13. The number of nitrogens with one attached hydrogen (secondary N) is 1. The molecule has 0 aromatic heterocycles.